The molecule has 2 saturated heterocycles. The molecule has 5 aromatic rings. The summed E-state index contributed by atoms with van der Waals surface area (Å²) in [7, 11) is -4.56. The minimum absolute atomic E-state index is 0.0217. The molecule has 372 valence electrons. The maximum absolute atomic E-state index is 14.2. The smallest absolute Gasteiger partial charge is 0.397 e. The van der Waals surface area contributed by atoms with E-state index in [9.17, 15) is 41.7 Å². The third kappa shape index (κ3) is 13.7. The lowest BCUT2D eigenvalue weighted by Gasteiger charge is -2.49. The summed E-state index contributed by atoms with van der Waals surface area (Å²) in [5.41, 5.74) is 0.559. The van der Waals surface area contributed by atoms with Crippen molar-refractivity contribution in [3.05, 3.63) is 179 Å². The fourth-order valence-corrected chi connectivity index (χ4v) is 8.14. The Morgan fingerprint density at radius 3 is 1.48 bits per heavy atom. The number of hydrogen-bond donors (Lipinski definition) is 2. The predicted octanol–water partition coefficient (Wildman–Crippen LogP) is 4.44. The van der Waals surface area contributed by atoms with Crippen LogP contribution >= 0.6 is 0 Å². The molecule has 2 N–H and O–H groups in total. The van der Waals surface area contributed by atoms with Crippen LogP contribution in [-0.2, 0) is 73.4 Å². The van der Waals surface area contributed by atoms with Crippen LogP contribution in [0.5, 0.6) is 0 Å². The van der Waals surface area contributed by atoms with E-state index in [2.05, 4.69) is 5.32 Å². The number of methoxy groups -OCH3 is 1. The normalized spacial score (nSPS) is 24.0. The van der Waals surface area contributed by atoms with Crippen LogP contribution in [0.2, 0.25) is 0 Å². The molecule has 0 aliphatic carbocycles. The molecule has 7 rings (SSSR count). The second-order valence-electron chi connectivity index (χ2n) is 15.8. The zero-order chi connectivity index (χ0) is 50.5. The lowest BCUT2D eigenvalue weighted by molar-refractivity contribution is -0.337. The average molecular weight is 998 g/mol. The summed E-state index contributed by atoms with van der Waals surface area (Å²) in [4.78, 5) is 82.5. The van der Waals surface area contributed by atoms with Crippen LogP contribution in [0.1, 0.15) is 53.9 Å². The van der Waals surface area contributed by atoms with Gasteiger partial charge in [0.2, 0.25) is 5.91 Å². The van der Waals surface area contributed by atoms with E-state index in [1.165, 1.54) is 84.9 Å². The molecule has 0 radical (unpaired) electrons. The summed E-state index contributed by atoms with van der Waals surface area (Å²) in [5.74, 6) is -6.12. The Balaban J connectivity index is 1.37. The van der Waals surface area contributed by atoms with E-state index in [-0.39, 0.29) is 28.9 Å². The second kappa shape index (κ2) is 24.0. The first-order valence-corrected chi connectivity index (χ1v) is 23.2. The van der Waals surface area contributed by atoms with Crippen molar-refractivity contribution in [3.8, 4) is 0 Å². The van der Waals surface area contributed by atoms with Crippen LogP contribution in [0, 0.1) is 0 Å². The van der Waals surface area contributed by atoms with E-state index in [4.69, 9.17) is 46.8 Å². The summed E-state index contributed by atoms with van der Waals surface area (Å²) in [6.07, 6.45) is -18.0. The molecule has 20 nitrogen and oxygen atoms in total. The van der Waals surface area contributed by atoms with Gasteiger partial charge in [0, 0.05) is 6.92 Å². The van der Waals surface area contributed by atoms with Gasteiger partial charge in [-0.25, -0.2) is 28.2 Å². The third-order valence-corrected chi connectivity index (χ3v) is 11.3. The topological polar surface area (TPSA) is 261 Å². The van der Waals surface area contributed by atoms with Crippen LogP contribution in [0.15, 0.2) is 152 Å². The maximum Gasteiger partial charge on any atom is 0.397 e. The summed E-state index contributed by atoms with van der Waals surface area (Å²) in [6.45, 7) is 0.0723. The predicted molar refractivity (Wildman–Crippen MR) is 243 cm³/mol. The van der Waals surface area contributed by atoms with Crippen molar-refractivity contribution in [1.29, 1.82) is 0 Å². The van der Waals surface area contributed by atoms with Gasteiger partial charge in [-0.3, -0.25) is 9.35 Å². The molecule has 71 heavy (non-hydrogen) atoms. The second-order valence-corrected chi connectivity index (χ2v) is 16.8. The molecular weight excluding hydrogens is 951 g/mol. The summed E-state index contributed by atoms with van der Waals surface area (Å²) in [5, 5.41) is 2.59. The van der Waals surface area contributed by atoms with Gasteiger partial charge in [-0.05, 0) is 54.1 Å². The van der Waals surface area contributed by atoms with E-state index >= 15 is 0 Å². The highest BCUT2D eigenvalue weighted by molar-refractivity contribution is 7.80. The van der Waals surface area contributed by atoms with Gasteiger partial charge in [-0.2, -0.15) is 8.42 Å². The van der Waals surface area contributed by atoms with Gasteiger partial charge in [0.15, 0.2) is 37.0 Å². The Hall–Kier alpha value is -7.37. The first kappa shape index (κ1) is 51.5. The zero-order valence-electron chi connectivity index (χ0n) is 37.8. The van der Waals surface area contributed by atoms with Gasteiger partial charge in [0.05, 0.1) is 36.0 Å². The molecule has 2 fully saturated rings. The number of rotatable bonds is 18. The van der Waals surface area contributed by atoms with Crippen LogP contribution < -0.4 is 5.32 Å². The monoisotopic (exact) mass is 997 g/mol. The summed E-state index contributed by atoms with van der Waals surface area (Å²) in [6, 6.07) is 37.0. The van der Waals surface area contributed by atoms with Gasteiger partial charge in [0.25, 0.3) is 0 Å². The summed E-state index contributed by atoms with van der Waals surface area (Å²) < 4.78 is 95.1. The number of benzene rings is 5. The first-order valence-electron chi connectivity index (χ1n) is 21.8. The van der Waals surface area contributed by atoms with E-state index in [1.54, 1.807) is 66.7 Å². The van der Waals surface area contributed by atoms with Gasteiger partial charge in [0.1, 0.15) is 31.0 Å². The lowest BCUT2D eigenvalue weighted by atomic mass is 9.94. The van der Waals surface area contributed by atoms with Crippen LogP contribution in [0.4, 0.5) is 0 Å². The van der Waals surface area contributed by atoms with E-state index in [0.29, 0.717) is 5.56 Å². The third-order valence-electron chi connectivity index (χ3n) is 10.9. The number of carbonyl (C=O) groups excluding carboxylic acids is 6. The number of hydrogen-bond acceptors (Lipinski definition) is 18. The molecule has 0 spiro atoms. The lowest BCUT2D eigenvalue weighted by Crippen LogP contribution is -2.69. The molecule has 2 aliphatic rings. The van der Waals surface area contributed by atoms with E-state index in [1.807, 2.05) is 0 Å². The fraction of sp³-hybridized carbons (Fsp3) is 0.280. The molecule has 0 unspecified atom stereocenters. The Morgan fingerprint density at radius 1 is 0.563 bits per heavy atom. The van der Waals surface area contributed by atoms with Crippen molar-refractivity contribution in [2.45, 2.75) is 74.9 Å². The minimum Gasteiger partial charge on any atom is -0.467 e. The van der Waals surface area contributed by atoms with Crippen LogP contribution in [-0.4, -0.2) is 124 Å². The van der Waals surface area contributed by atoms with Crippen LogP contribution in [0.25, 0.3) is 0 Å². The van der Waals surface area contributed by atoms with Crippen molar-refractivity contribution in [3.63, 3.8) is 0 Å². The SMILES string of the molecule is COC(=O)[C@H]1O[C@@H](O[C@@H]2[C@@H](NC(C)=O)[C@@H](OCc3ccccc3)O[C@H](COC(=O)c3ccccc3)[C@@H]2OS(=O)(=O)O)[C@H](OC(=O)c2ccccc2)[C@@H](OC(=O)c2ccccc2)[C@@H]1OC(=O)c1ccccc1. The van der Waals surface area contributed by atoms with E-state index < -0.39 is 114 Å². The van der Waals surface area contributed by atoms with Crippen molar-refractivity contribution >= 4 is 46.2 Å². The number of ether oxygens (including phenoxy) is 9. The maximum atomic E-state index is 14.2. The molecule has 2 aliphatic heterocycles. The first-order chi connectivity index (χ1) is 34.2. The molecule has 1 amide bonds. The highest BCUT2D eigenvalue weighted by Gasteiger charge is 2.59. The quantitative estimate of drug-likeness (QED) is 0.0698. The molecule has 5 aromatic carbocycles. The van der Waals surface area contributed by atoms with Gasteiger partial charge in [-0.15, -0.1) is 0 Å². The average Bonchev–Trinajstić information content (AvgIpc) is 3.38. The Kier molecular flexibility index (Phi) is 17.4. The standard InChI is InChI=1S/C50H47NO19S/c1-30(52)51-37-39(38(70-71(58,59)60)36(29-62-44(53)32-20-10-4-11-21-32)64-49(37)63-28-31-18-8-3-9-19-31)68-50-43(67-47(56)35-26-16-7-17-27-35)41(66-46(55)34-24-14-6-15-25-34)40(42(69-50)48(57)61-2)65-45(54)33-22-12-5-13-23-33/h3-27,36-43,49-50H,28-29H2,1-2H3,(H,51,52)(H,58,59,60)/t36-,37-,38+,39-,40+,41+,42+,43-,49+,50-/m1/s1. The van der Waals surface area contributed by atoms with Gasteiger partial charge >= 0.3 is 40.2 Å². The zero-order valence-corrected chi connectivity index (χ0v) is 38.6. The molecule has 10 atom stereocenters. The largest absolute Gasteiger partial charge is 0.467 e. The molecule has 2 heterocycles. The molecule has 0 bridgehead atoms. The molecule has 21 heteroatoms. The number of esters is 5. The number of amides is 1. The van der Waals surface area contributed by atoms with Gasteiger partial charge < -0.3 is 47.9 Å². The molecular formula is C50H47NO19S. The number of carbonyl (C=O) groups is 6. The van der Waals surface area contributed by atoms with Crippen molar-refractivity contribution in [1.82, 2.24) is 5.32 Å². The van der Waals surface area contributed by atoms with Crippen molar-refractivity contribution in [2.24, 2.45) is 0 Å². The highest BCUT2D eigenvalue weighted by Crippen LogP contribution is 2.36. The Labute approximate surface area is 406 Å². The van der Waals surface area contributed by atoms with Crippen molar-refractivity contribution in [2.75, 3.05) is 13.7 Å². The van der Waals surface area contributed by atoms with E-state index in [0.717, 1.165) is 14.0 Å². The Morgan fingerprint density at radius 2 is 1.01 bits per heavy atom. The molecule has 0 aromatic heterocycles. The fourth-order valence-electron chi connectivity index (χ4n) is 7.62. The van der Waals surface area contributed by atoms with Gasteiger partial charge in [-0.1, -0.05) is 103 Å². The molecule has 0 saturated carbocycles. The number of nitrogens with one attached hydrogen (secondary N) is 1. The van der Waals surface area contributed by atoms with Crippen LogP contribution in [0.3, 0.4) is 0 Å². The van der Waals surface area contributed by atoms with Crippen molar-refractivity contribution < 1.29 is 88.6 Å². The highest BCUT2D eigenvalue weighted by atomic mass is 32.3. The Bertz CT molecular complexity index is 2720. The summed E-state index contributed by atoms with van der Waals surface area (Å²) >= 11 is 0. The minimum atomic E-state index is -5.53.